The van der Waals surface area contributed by atoms with Crippen molar-refractivity contribution in [2.45, 2.75) is 45.6 Å². The van der Waals surface area contributed by atoms with Gasteiger partial charge in [0.05, 0.1) is 6.54 Å². The van der Waals surface area contributed by atoms with E-state index in [1.807, 2.05) is 0 Å². The molecular weight excluding hydrogens is 166 g/mol. The molecule has 4 heteroatoms. The van der Waals surface area contributed by atoms with E-state index in [4.69, 9.17) is 10.9 Å². The van der Waals surface area contributed by atoms with Crippen molar-refractivity contribution < 1.29 is 5.21 Å². The molecule has 0 heterocycles. The highest BCUT2D eigenvalue weighted by Gasteiger charge is 2.01. The van der Waals surface area contributed by atoms with Crippen LogP contribution >= 0.6 is 0 Å². The smallest absolute Gasteiger partial charge is 0.153 e. The molecule has 0 aliphatic heterocycles. The summed E-state index contributed by atoms with van der Waals surface area (Å²) in [5, 5.41) is 14.3. The van der Waals surface area contributed by atoms with Crippen molar-refractivity contribution in [1.29, 1.82) is 0 Å². The van der Waals surface area contributed by atoms with Gasteiger partial charge >= 0.3 is 0 Å². The van der Waals surface area contributed by atoms with E-state index < -0.39 is 0 Å². The molecule has 0 radical (unpaired) electrons. The predicted octanol–water partition coefficient (Wildman–Crippen LogP) is 1.29. The predicted molar refractivity (Wildman–Crippen MR) is 55.0 cm³/mol. The van der Waals surface area contributed by atoms with Crippen LogP contribution in [0.5, 0.6) is 0 Å². The van der Waals surface area contributed by atoms with Crippen LogP contribution in [0.2, 0.25) is 0 Å². The van der Waals surface area contributed by atoms with Crippen molar-refractivity contribution in [3.8, 4) is 0 Å². The second kappa shape index (κ2) is 7.86. The quantitative estimate of drug-likeness (QED) is 0.185. The van der Waals surface area contributed by atoms with E-state index in [9.17, 15) is 0 Å². The molecule has 4 nitrogen and oxygen atoms in total. The third-order valence-corrected chi connectivity index (χ3v) is 2.00. The van der Waals surface area contributed by atoms with Gasteiger partial charge in [0.25, 0.3) is 0 Å². The molecule has 0 aliphatic rings. The molecule has 0 rings (SSSR count). The minimum Gasteiger partial charge on any atom is -0.409 e. The summed E-state index contributed by atoms with van der Waals surface area (Å²) in [5.41, 5.74) is 5.31. The zero-order valence-corrected chi connectivity index (χ0v) is 8.58. The molecule has 0 aromatic carbocycles. The lowest BCUT2D eigenvalue weighted by Crippen LogP contribution is -2.35. The average Bonchev–Trinajstić information content (AvgIpc) is 2.14. The SMILES string of the molecule is CCCCCC(C)NCC(N)=NO. The summed E-state index contributed by atoms with van der Waals surface area (Å²) in [6.07, 6.45) is 4.90. The zero-order chi connectivity index (χ0) is 10.1. The Balaban J connectivity index is 3.34. The van der Waals surface area contributed by atoms with Crippen LogP contribution in [0.4, 0.5) is 0 Å². The van der Waals surface area contributed by atoms with Gasteiger partial charge in [-0.1, -0.05) is 31.3 Å². The fraction of sp³-hybridized carbons (Fsp3) is 0.889. The van der Waals surface area contributed by atoms with Crippen LogP contribution < -0.4 is 11.1 Å². The summed E-state index contributed by atoms with van der Waals surface area (Å²) in [4.78, 5) is 0. The van der Waals surface area contributed by atoms with E-state index >= 15 is 0 Å². The van der Waals surface area contributed by atoms with Crippen LogP contribution in [0.3, 0.4) is 0 Å². The first kappa shape index (κ1) is 12.2. The lowest BCUT2D eigenvalue weighted by atomic mass is 10.1. The summed E-state index contributed by atoms with van der Waals surface area (Å²) in [7, 11) is 0. The van der Waals surface area contributed by atoms with Crippen molar-refractivity contribution >= 4 is 5.84 Å². The van der Waals surface area contributed by atoms with Gasteiger partial charge in [0.2, 0.25) is 0 Å². The van der Waals surface area contributed by atoms with Crippen molar-refractivity contribution in [2.75, 3.05) is 6.54 Å². The van der Waals surface area contributed by atoms with Gasteiger partial charge in [-0.15, -0.1) is 0 Å². The summed E-state index contributed by atoms with van der Waals surface area (Å²) in [6, 6.07) is 0.437. The Morgan fingerprint density at radius 2 is 2.23 bits per heavy atom. The average molecular weight is 187 g/mol. The van der Waals surface area contributed by atoms with E-state index in [0.29, 0.717) is 12.6 Å². The Hall–Kier alpha value is -0.770. The van der Waals surface area contributed by atoms with E-state index in [2.05, 4.69) is 24.3 Å². The van der Waals surface area contributed by atoms with Gasteiger partial charge in [-0.25, -0.2) is 0 Å². The van der Waals surface area contributed by atoms with Crippen LogP contribution in [0, 0.1) is 0 Å². The normalized spacial score (nSPS) is 14.5. The molecule has 0 aromatic rings. The fourth-order valence-electron chi connectivity index (χ4n) is 1.12. The first-order valence-electron chi connectivity index (χ1n) is 4.90. The van der Waals surface area contributed by atoms with E-state index in [-0.39, 0.29) is 5.84 Å². The Labute approximate surface area is 80.2 Å². The maximum atomic E-state index is 8.28. The maximum Gasteiger partial charge on any atom is 0.153 e. The first-order chi connectivity index (χ1) is 6.20. The van der Waals surface area contributed by atoms with Crippen LogP contribution in [0.25, 0.3) is 0 Å². The largest absolute Gasteiger partial charge is 0.409 e. The molecular formula is C9H21N3O. The van der Waals surface area contributed by atoms with Crippen LogP contribution in [-0.4, -0.2) is 23.6 Å². The molecule has 1 atom stereocenters. The van der Waals surface area contributed by atoms with Gasteiger partial charge in [-0.05, 0) is 13.3 Å². The van der Waals surface area contributed by atoms with Crippen molar-refractivity contribution in [3.63, 3.8) is 0 Å². The number of unbranched alkanes of at least 4 members (excludes halogenated alkanes) is 2. The number of nitrogens with two attached hydrogens (primary N) is 1. The van der Waals surface area contributed by atoms with E-state index in [0.717, 1.165) is 6.42 Å². The number of nitrogens with zero attached hydrogens (tertiary/aromatic N) is 1. The van der Waals surface area contributed by atoms with Crippen LogP contribution in [-0.2, 0) is 0 Å². The minimum absolute atomic E-state index is 0.238. The molecule has 0 fully saturated rings. The minimum atomic E-state index is 0.238. The number of nitrogens with one attached hydrogen (secondary N) is 1. The summed E-state index contributed by atoms with van der Waals surface area (Å²) in [5.74, 6) is 0.238. The van der Waals surface area contributed by atoms with Gasteiger partial charge in [0.1, 0.15) is 0 Å². The molecule has 0 spiro atoms. The Morgan fingerprint density at radius 1 is 1.54 bits per heavy atom. The monoisotopic (exact) mass is 187 g/mol. The topological polar surface area (TPSA) is 70.6 Å². The van der Waals surface area contributed by atoms with Gasteiger partial charge < -0.3 is 16.3 Å². The second-order valence-corrected chi connectivity index (χ2v) is 3.37. The lowest BCUT2D eigenvalue weighted by molar-refractivity contribution is 0.316. The zero-order valence-electron chi connectivity index (χ0n) is 8.58. The third kappa shape index (κ3) is 7.59. The van der Waals surface area contributed by atoms with Crippen LogP contribution in [0.1, 0.15) is 39.5 Å². The Bertz CT molecular complexity index is 148. The molecule has 1 unspecified atom stereocenters. The number of hydrogen-bond acceptors (Lipinski definition) is 3. The van der Waals surface area contributed by atoms with Gasteiger partial charge in [-0.2, -0.15) is 0 Å². The molecule has 13 heavy (non-hydrogen) atoms. The van der Waals surface area contributed by atoms with Crippen molar-refractivity contribution in [2.24, 2.45) is 10.9 Å². The maximum absolute atomic E-state index is 8.28. The standard InChI is InChI=1S/C9H21N3O/c1-3-4-5-6-8(2)11-7-9(10)12-13/h8,11,13H,3-7H2,1-2H3,(H2,10,12). The lowest BCUT2D eigenvalue weighted by Gasteiger charge is -2.12. The summed E-state index contributed by atoms with van der Waals surface area (Å²) < 4.78 is 0. The molecule has 78 valence electrons. The highest BCUT2D eigenvalue weighted by Crippen LogP contribution is 2.02. The number of amidine groups is 1. The summed E-state index contributed by atoms with van der Waals surface area (Å²) in [6.45, 7) is 4.76. The van der Waals surface area contributed by atoms with Gasteiger partial charge in [0, 0.05) is 6.04 Å². The molecule has 0 aliphatic carbocycles. The molecule has 0 aromatic heterocycles. The third-order valence-electron chi connectivity index (χ3n) is 2.00. The molecule has 0 saturated heterocycles. The van der Waals surface area contributed by atoms with E-state index in [1.54, 1.807) is 0 Å². The van der Waals surface area contributed by atoms with Gasteiger partial charge in [0.15, 0.2) is 5.84 Å². The molecule has 4 N–H and O–H groups in total. The molecule has 0 amide bonds. The van der Waals surface area contributed by atoms with Gasteiger partial charge in [-0.3, -0.25) is 0 Å². The number of hydrogen-bond donors (Lipinski definition) is 3. The number of rotatable bonds is 7. The van der Waals surface area contributed by atoms with Crippen LogP contribution in [0.15, 0.2) is 5.16 Å². The van der Waals surface area contributed by atoms with E-state index in [1.165, 1.54) is 19.3 Å². The Kier molecular flexibility index (Phi) is 7.39. The van der Waals surface area contributed by atoms with Crippen molar-refractivity contribution in [1.82, 2.24) is 5.32 Å². The highest BCUT2D eigenvalue weighted by atomic mass is 16.4. The molecule has 0 saturated carbocycles. The Morgan fingerprint density at radius 3 is 2.77 bits per heavy atom. The second-order valence-electron chi connectivity index (χ2n) is 3.37. The highest BCUT2D eigenvalue weighted by molar-refractivity contribution is 5.81. The number of oxime groups is 1. The fourth-order valence-corrected chi connectivity index (χ4v) is 1.12. The summed E-state index contributed by atoms with van der Waals surface area (Å²) >= 11 is 0. The molecule has 0 bridgehead atoms. The first-order valence-corrected chi connectivity index (χ1v) is 4.90. The van der Waals surface area contributed by atoms with Crippen molar-refractivity contribution in [3.05, 3.63) is 0 Å².